The molecule has 0 aliphatic carbocycles. The number of aromatic nitrogens is 1. The first-order valence-corrected chi connectivity index (χ1v) is 8.48. The predicted octanol–water partition coefficient (Wildman–Crippen LogP) is 3.23. The standard InChI is InChI=1S/C17H21N3O2S/c1-4-11(2)14(16(22)20-17-18-12(3)10-23-17)19-15(21)13-8-6-5-7-9-13/h5-11,14H,4H2,1-3H3,(H,19,21)(H,18,20,22)/t11-,14-/m0/s1. The number of hydrogen-bond acceptors (Lipinski definition) is 4. The van der Waals surface area contributed by atoms with E-state index in [0.717, 1.165) is 12.1 Å². The molecule has 23 heavy (non-hydrogen) atoms. The fraction of sp³-hybridized carbons (Fsp3) is 0.353. The molecule has 2 atom stereocenters. The Balaban J connectivity index is 2.10. The highest BCUT2D eigenvalue weighted by atomic mass is 32.1. The van der Waals surface area contributed by atoms with Gasteiger partial charge < -0.3 is 10.6 Å². The third kappa shape index (κ3) is 4.63. The maximum Gasteiger partial charge on any atom is 0.251 e. The van der Waals surface area contributed by atoms with Crippen LogP contribution in [0.15, 0.2) is 35.7 Å². The summed E-state index contributed by atoms with van der Waals surface area (Å²) < 4.78 is 0. The number of aryl methyl sites for hydroxylation is 1. The molecule has 0 aliphatic heterocycles. The monoisotopic (exact) mass is 331 g/mol. The second-order valence-electron chi connectivity index (χ2n) is 5.49. The highest BCUT2D eigenvalue weighted by Crippen LogP contribution is 2.17. The van der Waals surface area contributed by atoms with Crippen LogP contribution in [0.5, 0.6) is 0 Å². The van der Waals surface area contributed by atoms with E-state index in [0.29, 0.717) is 10.7 Å². The van der Waals surface area contributed by atoms with E-state index in [2.05, 4.69) is 15.6 Å². The Hall–Kier alpha value is -2.21. The molecule has 2 rings (SSSR count). The van der Waals surface area contributed by atoms with E-state index in [9.17, 15) is 9.59 Å². The molecule has 0 aliphatic rings. The number of thiazole rings is 1. The van der Waals surface area contributed by atoms with Crippen LogP contribution in [0.1, 0.15) is 36.3 Å². The maximum absolute atomic E-state index is 12.5. The SMILES string of the molecule is CC[C@H](C)[C@H](NC(=O)c1ccccc1)C(=O)Nc1nc(C)cs1. The maximum atomic E-state index is 12.5. The zero-order chi connectivity index (χ0) is 16.8. The lowest BCUT2D eigenvalue weighted by molar-refractivity contribution is -0.119. The summed E-state index contributed by atoms with van der Waals surface area (Å²) in [6.45, 7) is 5.81. The van der Waals surface area contributed by atoms with Gasteiger partial charge in [-0.3, -0.25) is 9.59 Å². The van der Waals surface area contributed by atoms with Gasteiger partial charge >= 0.3 is 0 Å². The van der Waals surface area contributed by atoms with Crippen molar-refractivity contribution >= 4 is 28.3 Å². The average molecular weight is 331 g/mol. The van der Waals surface area contributed by atoms with Crippen molar-refractivity contribution in [3.63, 3.8) is 0 Å². The van der Waals surface area contributed by atoms with E-state index in [1.165, 1.54) is 11.3 Å². The van der Waals surface area contributed by atoms with Gasteiger partial charge in [0.05, 0.1) is 5.69 Å². The molecule has 0 bridgehead atoms. The van der Waals surface area contributed by atoms with Crippen molar-refractivity contribution in [1.82, 2.24) is 10.3 Å². The van der Waals surface area contributed by atoms with Crippen molar-refractivity contribution < 1.29 is 9.59 Å². The summed E-state index contributed by atoms with van der Waals surface area (Å²) in [4.78, 5) is 29.1. The highest BCUT2D eigenvalue weighted by molar-refractivity contribution is 7.13. The number of carbonyl (C=O) groups excluding carboxylic acids is 2. The first kappa shape index (κ1) is 17.1. The Morgan fingerprint density at radius 1 is 1.26 bits per heavy atom. The van der Waals surface area contributed by atoms with Crippen molar-refractivity contribution in [3.8, 4) is 0 Å². The van der Waals surface area contributed by atoms with Gasteiger partial charge in [-0.1, -0.05) is 38.5 Å². The number of rotatable bonds is 6. The summed E-state index contributed by atoms with van der Waals surface area (Å²) in [6, 6.07) is 8.30. The van der Waals surface area contributed by atoms with Crippen molar-refractivity contribution in [2.75, 3.05) is 5.32 Å². The molecular weight excluding hydrogens is 310 g/mol. The van der Waals surface area contributed by atoms with Crippen molar-refractivity contribution in [2.45, 2.75) is 33.2 Å². The number of nitrogens with zero attached hydrogens (tertiary/aromatic N) is 1. The third-order valence-corrected chi connectivity index (χ3v) is 4.54. The lowest BCUT2D eigenvalue weighted by Gasteiger charge is -2.23. The Kier molecular flexibility index (Phi) is 5.87. The first-order valence-electron chi connectivity index (χ1n) is 7.60. The first-order chi connectivity index (χ1) is 11.0. The molecule has 2 N–H and O–H groups in total. The molecule has 0 fully saturated rings. The number of hydrogen-bond donors (Lipinski definition) is 2. The highest BCUT2D eigenvalue weighted by Gasteiger charge is 2.26. The minimum atomic E-state index is -0.600. The number of benzene rings is 1. The fourth-order valence-corrected chi connectivity index (χ4v) is 2.80. The molecule has 0 spiro atoms. The van der Waals surface area contributed by atoms with Crippen LogP contribution in [-0.4, -0.2) is 22.8 Å². The van der Waals surface area contributed by atoms with E-state index in [1.54, 1.807) is 24.3 Å². The number of amides is 2. The van der Waals surface area contributed by atoms with Gasteiger partial charge in [0.15, 0.2) is 5.13 Å². The summed E-state index contributed by atoms with van der Waals surface area (Å²) in [5.74, 6) is -0.469. The van der Waals surface area contributed by atoms with Crippen LogP contribution in [0, 0.1) is 12.8 Å². The summed E-state index contributed by atoms with van der Waals surface area (Å²) in [5.41, 5.74) is 1.40. The molecule has 0 unspecified atom stereocenters. The van der Waals surface area contributed by atoms with Gasteiger partial charge in [0.25, 0.3) is 5.91 Å². The van der Waals surface area contributed by atoms with Crippen LogP contribution in [-0.2, 0) is 4.79 Å². The van der Waals surface area contributed by atoms with Crippen LogP contribution in [0.2, 0.25) is 0 Å². The van der Waals surface area contributed by atoms with Gasteiger partial charge in [0.2, 0.25) is 5.91 Å². The topological polar surface area (TPSA) is 71.1 Å². The minimum Gasteiger partial charge on any atom is -0.340 e. The molecule has 0 radical (unpaired) electrons. The number of carbonyl (C=O) groups is 2. The van der Waals surface area contributed by atoms with E-state index in [4.69, 9.17) is 0 Å². The zero-order valence-corrected chi connectivity index (χ0v) is 14.3. The molecule has 2 aromatic rings. The lowest BCUT2D eigenvalue weighted by Crippen LogP contribution is -2.47. The van der Waals surface area contributed by atoms with Crippen LogP contribution < -0.4 is 10.6 Å². The minimum absolute atomic E-state index is 0.0173. The molecule has 122 valence electrons. The van der Waals surface area contributed by atoms with Gasteiger partial charge in [0, 0.05) is 10.9 Å². The van der Waals surface area contributed by atoms with E-state index >= 15 is 0 Å². The molecule has 6 heteroatoms. The van der Waals surface area contributed by atoms with Crippen LogP contribution >= 0.6 is 11.3 Å². The second-order valence-corrected chi connectivity index (χ2v) is 6.34. The number of nitrogens with one attached hydrogen (secondary N) is 2. The smallest absolute Gasteiger partial charge is 0.251 e. The van der Waals surface area contributed by atoms with E-state index in [-0.39, 0.29) is 17.7 Å². The van der Waals surface area contributed by atoms with Crippen LogP contribution in [0.25, 0.3) is 0 Å². The zero-order valence-electron chi connectivity index (χ0n) is 13.5. The molecule has 5 nitrogen and oxygen atoms in total. The fourth-order valence-electron chi connectivity index (χ4n) is 2.11. The van der Waals surface area contributed by atoms with Crippen LogP contribution in [0.3, 0.4) is 0 Å². The summed E-state index contributed by atoms with van der Waals surface area (Å²) in [5, 5.41) is 8.05. The Bertz CT molecular complexity index is 669. The van der Waals surface area contributed by atoms with E-state index < -0.39 is 6.04 Å². The molecule has 1 aromatic heterocycles. The van der Waals surface area contributed by atoms with E-state index in [1.807, 2.05) is 32.2 Å². The normalized spacial score (nSPS) is 13.2. The Morgan fingerprint density at radius 3 is 2.52 bits per heavy atom. The molecule has 2 amide bonds. The second kappa shape index (κ2) is 7.87. The Labute approximate surface area is 140 Å². The van der Waals surface area contributed by atoms with Gasteiger partial charge in [-0.15, -0.1) is 11.3 Å². The summed E-state index contributed by atoms with van der Waals surface area (Å²) in [6.07, 6.45) is 0.782. The molecule has 0 saturated heterocycles. The molecule has 0 saturated carbocycles. The average Bonchev–Trinajstić information content (AvgIpc) is 2.97. The predicted molar refractivity (Wildman–Crippen MR) is 92.6 cm³/mol. The third-order valence-electron chi connectivity index (χ3n) is 3.67. The van der Waals surface area contributed by atoms with Gasteiger partial charge in [-0.2, -0.15) is 0 Å². The van der Waals surface area contributed by atoms with Gasteiger partial charge in [-0.25, -0.2) is 4.98 Å². The molecular formula is C17H21N3O2S. The van der Waals surface area contributed by atoms with Crippen LogP contribution in [0.4, 0.5) is 5.13 Å². The molecule has 1 heterocycles. The summed E-state index contributed by atoms with van der Waals surface area (Å²) >= 11 is 1.37. The van der Waals surface area contributed by atoms with Crippen molar-refractivity contribution in [2.24, 2.45) is 5.92 Å². The van der Waals surface area contributed by atoms with Crippen molar-refractivity contribution in [3.05, 3.63) is 47.0 Å². The Morgan fingerprint density at radius 2 is 1.96 bits per heavy atom. The van der Waals surface area contributed by atoms with Gasteiger partial charge in [-0.05, 0) is 25.0 Å². The largest absolute Gasteiger partial charge is 0.340 e. The summed E-state index contributed by atoms with van der Waals surface area (Å²) in [7, 11) is 0. The van der Waals surface area contributed by atoms with Crippen molar-refractivity contribution in [1.29, 1.82) is 0 Å². The lowest BCUT2D eigenvalue weighted by atomic mass is 9.98. The number of anilines is 1. The quantitative estimate of drug-likeness (QED) is 0.853. The van der Waals surface area contributed by atoms with Gasteiger partial charge in [0.1, 0.15) is 6.04 Å². The molecule has 1 aromatic carbocycles.